The van der Waals surface area contributed by atoms with E-state index in [0.29, 0.717) is 0 Å². The van der Waals surface area contributed by atoms with Crippen molar-refractivity contribution in [3.8, 4) is 18.1 Å². The van der Waals surface area contributed by atoms with Crippen LogP contribution in [-0.4, -0.2) is 75.3 Å². The van der Waals surface area contributed by atoms with Crippen LogP contribution in [0.25, 0.3) is 0 Å². The lowest BCUT2D eigenvalue weighted by atomic mass is 9.97. The third-order valence-corrected chi connectivity index (χ3v) is 7.41. The number of nitrogens with one attached hydrogen (secondary N) is 2. The second-order valence-corrected chi connectivity index (χ2v) is 10.8. The van der Waals surface area contributed by atoms with Crippen LogP contribution in [-0.2, 0) is 28.2 Å². The van der Waals surface area contributed by atoms with Crippen LogP contribution in [0.3, 0.4) is 0 Å². The predicted molar refractivity (Wildman–Crippen MR) is 135 cm³/mol. The van der Waals surface area contributed by atoms with Gasteiger partial charge in [-0.1, -0.05) is 24.1 Å². The Morgan fingerprint density at radius 1 is 1.35 bits per heavy atom. The van der Waals surface area contributed by atoms with Gasteiger partial charge in [0.1, 0.15) is 36.1 Å². The van der Waals surface area contributed by atoms with Crippen LogP contribution in [0.2, 0.25) is 0 Å². The molecular formula is C23H30N3O9PS. The fraction of sp³-hybridized carbons (Fsp3) is 0.478. The average molecular weight is 556 g/mol. The molecule has 1 saturated heterocycles. The summed E-state index contributed by atoms with van der Waals surface area (Å²) in [6.07, 6.45) is 3.29. The molecule has 202 valence electrons. The molecule has 7 atom stereocenters. The van der Waals surface area contributed by atoms with Gasteiger partial charge in [0.2, 0.25) is 5.91 Å². The summed E-state index contributed by atoms with van der Waals surface area (Å²) in [5.41, 5.74) is -2.87. The zero-order valence-corrected chi connectivity index (χ0v) is 22.2. The van der Waals surface area contributed by atoms with Crippen molar-refractivity contribution in [2.45, 2.75) is 62.5 Å². The smallest absolute Gasteiger partial charge is 0.459 e. The highest BCUT2D eigenvalue weighted by Crippen LogP contribution is 2.47. The van der Waals surface area contributed by atoms with Gasteiger partial charge in [-0.05, 0) is 32.9 Å². The van der Waals surface area contributed by atoms with Gasteiger partial charge in [0.05, 0.1) is 6.10 Å². The Kier molecular flexibility index (Phi) is 9.31. The number of ether oxygens (including phenoxy) is 2. The molecule has 2 heterocycles. The van der Waals surface area contributed by atoms with Crippen molar-refractivity contribution < 1.29 is 42.9 Å². The number of amides is 1. The number of terminal acetylenes is 1. The highest BCUT2D eigenvalue weighted by Gasteiger charge is 2.57. The minimum atomic E-state index is -4.34. The molecule has 12 nitrogen and oxygen atoms in total. The Morgan fingerprint density at radius 3 is 2.62 bits per heavy atom. The zero-order valence-electron chi connectivity index (χ0n) is 20.4. The van der Waals surface area contributed by atoms with E-state index in [9.17, 15) is 24.4 Å². The number of hydrogen-bond acceptors (Lipinski definition) is 11. The first-order chi connectivity index (χ1) is 17.4. The van der Waals surface area contributed by atoms with Crippen LogP contribution in [0, 0.1) is 12.3 Å². The molecule has 2 unspecified atom stereocenters. The molecule has 1 aromatic rings. The maximum Gasteiger partial charge on any atom is 0.459 e. The van der Waals surface area contributed by atoms with Crippen LogP contribution in [0.4, 0.5) is 0 Å². The van der Waals surface area contributed by atoms with E-state index in [0.717, 1.165) is 0 Å². The van der Waals surface area contributed by atoms with Crippen molar-refractivity contribution in [2.75, 3.05) is 6.61 Å². The number of nitrogens with zero attached hydrogens (tertiary/aromatic N) is 1. The van der Waals surface area contributed by atoms with Crippen LogP contribution in [0.1, 0.15) is 20.8 Å². The molecule has 1 fully saturated rings. The summed E-state index contributed by atoms with van der Waals surface area (Å²) in [4.78, 5) is 25.2. The molecule has 0 bridgehead atoms. The second-order valence-electron chi connectivity index (χ2n) is 8.63. The monoisotopic (exact) mass is 555 g/mol. The van der Waals surface area contributed by atoms with E-state index in [1.54, 1.807) is 32.0 Å². The molecule has 2 aliphatic rings. The molecule has 14 heteroatoms. The number of rotatable bonds is 10. The van der Waals surface area contributed by atoms with Crippen molar-refractivity contribution in [1.29, 1.82) is 0 Å². The summed E-state index contributed by atoms with van der Waals surface area (Å²) in [5.74, 6) is 1.32. The third kappa shape index (κ3) is 6.86. The Hall–Kier alpha value is -2.56. The molecule has 2 aliphatic heterocycles. The van der Waals surface area contributed by atoms with E-state index in [4.69, 9.17) is 24.9 Å². The predicted octanol–water partition coefficient (Wildman–Crippen LogP) is 0.729. The maximum atomic E-state index is 13.7. The van der Waals surface area contributed by atoms with Gasteiger partial charge in [-0.3, -0.25) is 14.1 Å². The van der Waals surface area contributed by atoms with Gasteiger partial charge in [-0.25, -0.2) is 4.57 Å². The lowest BCUT2D eigenvalue weighted by molar-refractivity contribution is -0.149. The number of carbonyl (C=O) groups is 2. The highest BCUT2D eigenvalue weighted by molar-refractivity contribution is 7.80. The maximum absolute atomic E-state index is 13.7. The van der Waals surface area contributed by atoms with E-state index in [2.05, 4.69) is 29.0 Å². The second kappa shape index (κ2) is 11.9. The Labute approximate surface area is 220 Å². The van der Waals surface area contributed by atoms with Crippen molar-refractivity contribution in [2.24, 2.45) is 0 Å². The van der Waals surface area contributed by atoms with Gasteiger partial charge in [-0.15, -0.1) is 19.1 Å². The minimum Gasteiger partial charge on any atom is -0.462 e. The SMILES string of the molecule is C#C[C@]1(COP(=O)(N[C@@H](C)C(=O)OC(C)C)Oc2ccccc2)O[C@@H](N2C=CC(=O)NC2S)[C@@H](O)[C@H]1O. The summed E-state index contributed by atoms with van der Waals surface area (Å²) in [5, 5.41) is 26.5. The molecule has 0 spiro atoms. The van der Waals surface area contributed by atoms with E-state index < -0.39 is 67.9 Å². The van der Waals surface area contributed by atoms with E-state index in [-0.39, 0.29) is 5.75 Å². The van der Waals surface area contributed by atoms with Crippen molar-refractivity contribution in [1.82, 2.24) is 15.3 Å². The van der Waals surface area contributed by atoms with Gasteiger partial charge >= 0.3 is 13.7 Å². The fourth-order valence-corrected chi connectivity index (χ4v) is 5.39. The largest absolute Gasteiger partial charge is 0.462 e. The van der Waals surface area contributed by atoms with Gasteiger partial charge in [0.15, 0.2) is 11.8 Å². The third-order valence-electron chi connectivity index (χ3n) is 5.39. The zero-order chi connectivity index (χ0) is 27.4. The standard InChI is InChI=1S/C23H30N3O9PS/c1-5-23(19(29)18(28)20(34-23)26-12-11-17(27)24-22(26)37)13-32-36(31,35-16-9-7-6-8-10-16)25-15(4)21(30)33-14(2)3/h1,6-12,14-15,18-20,22,28-29,37H,13H2,2-4H3,(H,24,27)(H,25,31)/t15-,18-,19+,20+,22?,23+,36?/m0/s1. The lowest BCUT2D eigenvalue weighted by Crippen LogP contribution is -2.53. The normalized spacial score (nSPS) is 29.8. The molecule has 0 aliphatic carbocycles. The topological polar surface area (TPSA) is 156 Å². The van der Waals surface area contributed by atoms with Crippen LogP contribution in [0.15, 0.2) is 42.6 Å². The molecule has 4 N–H and O–H groups in total. The average Bonchev–Trinajstić information content (AvgIpc) is 3.08. The summed E-state index contributed by atoms with van der Waals surface area (Å²) in [6.45, 7) is 4.03. The van der Waals surface area contributed by atoms with Gasteiger partial charge < -0.3 is 34.4 Å². The first-order valence-electron chi connectivity index (χ1n) is 11.3. The number of thiol groups is 1. The molecule has 0 radical (unpaired) electrons. The number of aliphatic hydroxyl groups is 2. The van der Waals surface area contributed by atoms with Gasteiger partial charge in [0, 0.05) is 12.3 Å². The number of esters is 1. The Bertz CT molecular complexity index is 1100. The quantitative estimate of drug-likeness (QED) is 0.120. The lowest BCUT2D eigenvalue weighted by Gasteiger charge is -2.36. The molecule has 1 aromatic carbocycles. The Balaban J connectivity index is 1.82. The molecule has 37 heavy (non-hydrogen) atoms. The van der Waals surface area contributed by atoms with Crippen LogP contribution in [0.5, 0.6) is 5.75 Å². The number of benzene rings is 1. The van der Waals surface area contributed by atoms with Gasteiger partial charge in [-0.2, -0.15) is 5.09 Å². The number of aliphatic hydroxyl groups excluding tert-OH is 2. The number of para-hydroxylation sites is 1. The molecule has 0 aromatic heterocycles. The van der Waals surface area contributed by atoms with Crippen molar-refractivity contribution in [3.63, 3.8) is 0 Å². The molecule has 3 rings (SSSR count). The van der Waals surface area contributed by atoms with Crippen LogP contribution >= 0.6 is 20.4 Å². The van der Waals surface area contributed by atoms with E-state index in [1.165, 1.54) is 36.2 Å². The van der Waals surface area contributed by atoms with E-state index >= 15 is 0 Å². The van der Waals surface area contributed by atoms with E-state index in [1.807, 2.05) is 0 Å². The van der Waals surface area contributed by atoms with Crippen LogP contribution < -0.4 is 14.9 Å². The summed E-state index contributed by atoms with van der Waals surface area (Å²) < 4.78 is 35.9. The fourth-order valence-electron chi connectivity index (χ4n) is 3.53. The van der Waals surface area contributed by atoms with Gasteiger partial charge in [0.25, 0.3) is 0 Å². The minimum absolute atomic E-state index is 0.162. The van der Waals surface area contributed by atoms with Crippen molar-refractivity contribution >= 4 is 32.3 Å². The molecule has 1 amide bonds. The first kappa shape index (κ1) is 29.0. The first-order valence-corrected chi connectivity index (χ1v) is 13.4. The number of carbonyl (C=O) groups excluding carboxylic acids is 2. The summed E-state index contributed by atoms with van der Waals surface area (Å²) >= 11 is 4.25. The van der Waals surface area contributed by atoms with Crippen molar-refractivity contribution in [3.05, 3.63) is 42.6 Å². The Morgan fingerprint density at radius 2 is 2.03 bits per heavy atom. The molecular weight excluding hydrogens is 525 g/mol. The highest BCUT2D eigenvalue weighted by atomic mass is 32.1. The summed E-state index contributed by atoms with van der Waals surface area (Å²) in [7, 11) is -4.34. The number of hydrogen-bond donors (Lipinski definition) is 5. The molecule has 0 saturated carbocycles. The summed E-state index contributed by atoms with van der Waals surface area (Å²) in [6, 6.07) is 6.94.